The number of hydrogen-bond acceptors (Lipinski definition) is 3. The Balaban J connectivity index is 1.49. The molecule has 2 atom stereocenters. The van der Waals surface area contributed by atoms with Crippen molar-refractivity contribution >= 4 is 5.91 Å². The number of aromatic nitrogens is 3. The van der Waals surface area contributed by atoms with Crippen LogP contribution in [0.1, 0.15) is 68.2 Å². The number of amides is 1. The number of benzene rings is 1. The fourth-order valence-electron chi connectivity index (χ4n) is 4.36. The third-order valence-electron chi connectivity index (χ3n) is 5.66. The molecule has 4 rings (SSSR count). The molecule has 1 aromatic carbocycles. The molecule has 0 saturated carbocycles. The van der Waals surface area contributed by atoms with Gasteiger partial charge >= 0.3 is 0 Å². The second-order valence-corrected chi connectivity index (χ2v) is 7.69. The Morgan fingerprint density at radius 1 is 1.42 bits per heavy atom. The highest BCUT2D eigenvalue weighted by Gasteiger charge is 2.40. The maximum absolute atomic E-state index is 12.4. The van der Waals surface area contributed by atoms with Crippen LogP contribution in [-0.2, 0) is 16.8 Å². The van der Waals surface area contributed by atoms with Crippen LogP contribution in [0.15, 0.2) is 30.9 Å². The molecular weight excluding hydrogens is 300 g/mol. The Hall–Kier alpha value is -2.17. The lowest BCUT2D eigenvalue weighted by atomic mass is 9.69. The van der Waals surface area contributed by atoms with Gasteiger partial charge in [-0.05, 0) is 47.3 Å². The normalized spacial score (nSPS) is 23.8. The van der Waals surface area contributed by atoms with Crippen LogP contribution in [0, 0.1) is 0 Å². The number of carbonyl (C=O) groups excluding carboxylic acids is 1. The smallest absolute Gasteiger partial charge is 0.222 e. The van der Waals surface area contributed by atoms with Gasteiger partial charge in [-0.15, -0.1) is 0 Å². The quantitative estimate of drug-likeness (QED) is 0.940. The van der Waals surface area contributed by atoms with E-state index in [1.807, 2.05) is 0 Å². The van der Waals surface area contributed by atoms with E-state index in [4.69, 9.17) is 0 Å². The second kappa shape index (κ2) is 5.72. The molecule has 126 valence electrons. The van der Waals surface area contributed by atoms with Gasteiger partial charge in [-0.1, -0.05) is 32.0 Å². The molecule has 0 unspecified atom stereocenters. The minimum absolute atomic E-state index is 0.0889. The van der Waals surface area contributed by atoms with Gasteiger partial charge in [0.2, 0.25) is 5.91 Å². The van der Waals surface area contributed by atoms with Crippen LogP contribution in [0.5, 0.6) is 0 Å². The average Bonchev–Trinajstić information content (AvgIpc) is 3.19. The summed E-state index contributed by atoms with van der Waals surface area (Å²) < 4.78 is 1.69. The number of nitrogens with zero attached hydrogens (tertiary/aromatic N) is 3. The molecule has 1 amide bonds. The standard InChI is InChI=1S/C19H24N4O/c1-19(2)8-6-13-10-16(14-4-3-5-15(19)18(13)14)22-17(24)7-9-23-12-20-11-21-23/h3-5,11-13,16H,6-10H2,1-2H3,(H,22,24)/t13-,16-/m0/s1. The zero-order valence-electron chi connectivity index (χ0n) is 14.3. The minimum Gasteiger partial charge on any atom is -0.349 e. The summed E-state index contributed by atoms with van der Waals surface area (Å²) in [4.78, 5) is 16.3. The van der Waals surface area contributed by atoms with Crippen molar-refractivity contribution in [1.82, 2.24) is 20.1 Å². The van der Waals surface area contributed by atoms with Gasteiger partial charge in [0.1, 0.15) is 12.7 Å². The van der Waals surface area contributed by atoms with Crippen molar-refractivity contribution in [3.05, 3.63) is 47.5 Å². The van der Waals surface area contributed by atoms with Crippen LogP contribution in [0.4, 0.5) is 0 Å². The monoisotopic (exact) mass is 324 g/mol. The first-order valence-corrected chi connectivity index (χ1v) is 8.80. The van der Waals surface area contributed by atoms with Crippen molar-refractivity contribution in [2.45, 2.75) is 63.5 Å². The molecule has 2 aromatic rings. The first-order chi connectivity index (χ1) is 11.5. The Labute approximate surface area is 142 Å². The molecule has 0 bridgehead atoms. The van der Waals surface area contributed by atoms with Crippen molar-refractivity contribution < 1.29 is 4.79 Å². The second-order valence-electron chi connectivity index (χ2n) is 7.69. The van der Waals surface area contributed by atoms with E-state index in [9.17, 15) is 4.79 Å². The predicted octanol–water partition coefficient (Wildman–Crippen LogP) is 3.08. The SMILES string of the molecule is CC1(C)CC[C@H]2C[C@H](NC(=O)CCn3cncn3)c3cccc1c32. The Bertz CT molecular complexity index is 751. The van der Waals surface area contributed by atoms with Gasteiger partial charge in [0.25, 0.3) is 0 Å². The molecule has 0 spiro atoms. The molecule has 1 aromatic heterocycles. The van der Waals surface area contributed by atoms with Crippen LogP contribution < -0.4 is 5.32 Å². The van der Waals surface area contributed by atoms with Crippen molar-refractivity contribution in [3.63, 3.8) is 0 Å². The zero-order chi connectivity index (χ0) is 16.7. The summed E-state index contributed by atoms with van der Waals surface area (Å²) in [6.45, 7) is 5.24. The fourth-order valence-corrected chi connectivity index (χ4v) is 4.36. The molecule has 1 heterocycles. The fraction of sp³-hybridized carbons (Fsp3) is 0.526. The minimum atomic E-state index is 0.0889. The van der Waals surface area contributed by atoms with Crippen LogP contribution >= 0.6 is 0 Å². The lowest BCUT2D eigenvalue weighted by Gasteiger charge is -2.35. The van der Waals surface area contributed by atoms with Gasteiger partial charge in [0, 0.05) is 6.42 Å². The molecule has 0 saturated heterocycles. The van der Waals surface area contributed by atoms with Crippen LogP contribution in [0.25, 0.3) is 0 Å². The van der Waals surface area contributed by atoms with Crippen molar-refractivity contribution in [2.24, 2.45) is 0 Å². The summed E-state index contributed by atoms with van der Waals surface area (Å²) >= 11 is 0. The topological polar surface area (TPSA) is 59.8 Å². The highest BCUT2D eigenvalue weighted by atomic mass is 16.1. The van der Waals surface area contributed by atoms with E-state index in [0.29, 0.717) is 18.9 Å². The summed E-state index contributed by atoms with van der Waals surface area (Å²) in [7, 11) is 0. The van der Waals surface area contributed by atoms with Gasteiger partial charge in [-0.2, -0.15) is 5.10 Å². The maximum Gasteiger partial charge on any atom is 0.222 e. The summed E-state index contributed by atoms with van der Waals surface area (Å²) in [6, 6.07) is 6.78. The molecule has 24 heavy (non-hydrogen) atoms. The van der Waals surface area contributed by atoms with E-state index in [0.717, 1.165) is 6.42 Å². The molecule has 5 heteroatoms. The van der Waals surface area contributed by atoms with Gasteiger partial charge in [-0.25, -0.2) is 4.98 Å². The predicted molar refractivity (Wildman–Crippen MR) is 91.6 cm³/mol. The largest absolute Gasteiger partial charge is 0.349 e. The highest BCUT2D eigenvalue weighted by molar-refractivity contribution is 5.76. The Kier molecular flexibility index (Phi) is 3.66. The van der Waals surface area contributed by atoms with Gasteiger partial charge in [-0.3, -0.25) is 9.48 Å². The van der Waals surface area contributed by atoms with E-state index in [1.54, 1.807) is 11.0 Å². The van der Waals surface area contributed by atoms with Crippen molar-refractivity contribution in [2.75, 3.05) is 0 Å². The molecule has 5 nitrogen and oxygen atoms in total. The van der Waals surface area contributed by atoms with E-state index < -0.39 is 0 Å². The molecule has 1 N–H and O–H groups in total. The van der Waals surface area contributed by atoms with E-state index in [-0.39, 0.29) is 17.4 Å². The first-order valence-electron chi connectivity index (χ1n) is 8.80. The van der Waals surface area contributed by atoms with Crippen LogP contribution in [0.3, 0.4) is 0 Å². The van der Waals surface area contributed by atoms with Crippen LogP contribution in [0.2, 0.25) is 0 Å². The third-order valence-corrected chi connectivity index (χ3v) is 5.66. The summed E-state index contributed by atoms with van der Waals surface area (Å²) in [5.41, 5.74) is 4.57. The van der Waals surface area contributed by atoms with Gasteiger partial charge in [0.05, 0.1) is 12.6 Å². The molecule has 2 aliphatic carbocycles. The Morgan fingerprint density at radius 2 is 2.29 bits per heavy atom. The molecule has 2 aliphatic rings. The number of carbonyl (C=O) groups is 1. The summed E-state index contributed by atoms with van der Waals surface area (Å²) in [5, 5.41) is 7.29. The van der Waals surface area contributed by atoms with Crippen molar-refractivity contribution in [3.8, 4) is 0 Å². The number of nitrogens with one attached hydrogen (secondary N) is 1. The summed E-state index contributed by atoms with van der Waals surface area (Å²) in [5.74, 6) is 0.691. The van der Waals surface area contributed by atoms with Crippen molar-refractivity contribution in [1.29, 1.82) is 0 Å². The maximum atomic E-state index is 12.4. The number of aryl methyl sites for hydroxylation is 1. The first kappa shape index (κ1) is 15.4. The molecular formula is C19H24N4O. The molecule has 0 aliphatic heterocycles. The molecule has 0 fully saturated rings. The van der Waals surface area contributed by atoms with Crippen LogP contribution in [-0.4, -0.2) is 20.7 Å². The average molecular weight is 324 g/mol. The Morgan fingerprint density at radius 3 is 3.08 bits per heavy atom. The van der Waals surface area contributed by atoms with Gasteiger partial charge < -0.3 is 5.32 Å². The zero-order valence-corrected chi connectivity index (χ0v) is 14.3. The third kappa shape index (κ3) is 2.62. The lowest BCUT2D eigenvalue weighted by Crippen LogP contribution is -2.28. The van der Waals surface area contributed by atoms with Gasteiger partial charge in [0.15, 0.2) is 0 Å². The highest BCUT2D eigenvalue weighted by Crippen LogP contribution is 2.52. The van der Waals surface area contributed by atoms with E-state index in [1.165, 1.54) is 35.9 Å². The lowest BCUT2D eigenvalue weighted by molar-refractivity contribution is -0.122. The molecule has 0 radical (unpaired) electrons. The van der Waals surface area contributed by atoms with E-state index >= 15 is 0 Å². The number of hydrogen-bond donors (Lipinski definition) is 1. The van der Waals surface area contributed by atoms with E-state index in [2.05, 4.69) is 47.4 Å². The summed E-state index contributed by atoms with van der Waals surface area (Å²) in [6.07, 6.45) is 7.06. The number of rotatable bonds is 4.